The maximum Gasteiger partial charge on any atom is 0.337 e. The number of ether oxygens (including phenoxy) is 1. The number of amides is 1. The van der Waals surface area contributed by atoms with E-state index in [1.807, 2.05) is 28.8 Å². The lowest BCUT2D eigenvalue weighted by molar-refractivity contribution is -0.127. The highest BCUT2D eigenvalue weighted by Gasteiger charge is 2.32. The van der Waals surface area contributed by atoms with Gasteiger partial charge in [-0.2, -0.15) is 11.8 Å². The van der Waals surface area contributed by atoms with Crippen molar-refractivity contribution < 1.29 is 14.3 Å². The van der Waals surface area contributed by atoms with Crippen LogP contribution in [0.15, 0.2) is 24.3 Å². The minimum atomic E-state index is -0.342. The molecule has 1 aliphatic heterocycles. The summed E-state index contributed by atoms with van der Waals surface area (Å²) in [4.78, 5) is 25.6. The van der Waals surface area contributed by atoms with Gasteiger partial charge in [-0.3, -0.25) is 4.79 Å². The summed E-state index contributed by atoms with van der Waals surface area (Å²) in [6.07, 6.45) is 0. The van der Waals surface area contributed by atoms with E-state index < -0.39 is 0 Å². The largest absolute Gasteiger partial charge is 0.465 e. The lowest BCUT2D eigenvalue weighted by Gasteiger charge is -2.26. The van der Waals surface area contributed by atoms with Crippen molar-refractivity contribution in [3.8, 4) is 0 Å². The molecule has 1 heterocycles. The Morgan fingerprint density at radius 1 is 1.35 bits per heavy atom. The van der Waals surface area contributed by atoms with Crippen LogP contribution in [0.25, 0.3) is 0 Å². The molecule has 1 aromatic rings. The summed E-state index contributed by atoms with van der Waals surface area (Å²) in [5.74, 6) is 1.28. The molecule has 0 aliphatic carbocycles. The Kier molecular flexibility index (Phi) is 6.03. The van der Waals surface area contributed by atoms with Crippen molar-refractivity contribution in [1.29, 1.82) is 0 Å². The van der Waals surface area contributed by atoms with Crippen molar-refractivity contribution in [3.63, 3.8) is 0 Å². The van der Waals surface area contributed by atoms with Gasteiger partial charge in [-0.1, -0.05) is 32.9 Å². The molecule has 1 unspecified atom stereocenters. The first-order chi connectivity index (χ1) is 10.8. The fourth-order valence-corrected chi connectivity index (χ4v) is 4.44. The van der Waals surface area contributed by atoms with Gasteiger partial charge in [0.25, 0.3) is 0 Å². The van der Waals surface area contributed by atoms with Crippen molar-refractivity contribution in [1.82, 2.24) is 4.90 Å². The molecule has 1 fully saturated rings. The minimum absolute atomic E-state index is 0.0368. The smallest absolute Gasteiger partial charge is 0.337 e. The summed E-state index contributed by atoms with van der Waals surface area (Å²) in [6, 6.07) is 7.33. The molecule has 2 rings (SSSR count). The summed E-state index contributed by atoms with van der Waals surface area (Å²) in [5.41, 5.74) is 1.58. The van der Waals surface area contributed by atoms with Gasteiger partial charge in [0.05, 0.1) is 18.4 Å². The van der Waals surface area contributed by atoms with Gasteiger partial charge in [-0.05, 0) is 17.7 Å². The van der Waals surface area contributed by atoms with Crippen molar-refractivity contribution in [2.45, 2.75) is 30.9 Å². The third-order valence-electron chi connectivity index (χ3n) is 3.45. The van der Waals surface area contributed by atoms with Gasteiger partial charge in [0.1, 0.15) is 5.37 Å². The number of esters is 1. The van der Waals surface area contributed by atoms with Crippen LogP contribution < -0.4 is 0 Å². The molecule has 6 heteroatoms. The molecule has 0 radical (unpaired) electrons. The zero-order chi connectivity index (χ0) is 17.0. The van der Waals surface area contributed by atoms with E-state index in [0.29, 0.717) is 11.3 Å². The first-order valence-corrected chi connectivity index (χ1v) is 9.58. The Balaban J connectivity index is 2.05. The average molecular weight is 354 g/mol. The molecule has 0 saturated carbocycles. The number of benzene rings is 1. The third kappa shape index (κ3) is 4.91. The van der Waals surface area contributed by atoms with Gasteiger partial charge in [0.15, 0.2) is 0 Å². The van der Waals surface area contributed by atoms with E-state index in [2.05, 4.69) is 20.8 Å². The van der Waals surface area contributed by atoms with Gasteiger partial charge in [-0.15, -0.1) is 11.8 Å². The van der Waals surface area contributed by atoms with Crippen LogP contribution >= 0.6 is 23.5 Å². The van der Waals surface area contributed by atoms with Crippen LogP contribution in [0.5, 0.6) is 0 Å². The molecule has 0 bridgehead atoms. The molecular weight excluding hydrogens is 330 g/mol. The van der Waals surface area contributed by atoms with E-state index in [-0.39, 0.29) is 22.0 Å². The summed E-state index contributed by atoms with van der Waals surface area (Å²) < 4.78 is 4.92. The predicted octanol–water partition coefficient (Wildman–Crippen LogP) is 3.58. The van der Waals surface area contributed by atoms with Gasteiger partial charge >= 0.3 is 5.97 Å². The fourth-order valence-electron chi connectivity index (χ4n) is 2.32. The molecule has 23 heavy (non-hydrogen) atoms. The Morgan fingerprint density at radius 3 is 2.57 bits per heavy atom. The summed E-state index contributed by atoms with van der Waals surface area (Å²) in [5, 5.41) is 0.0368. The van der Waals surface area contributed by atoms with Crippen molar-refractivity contribution in [2.24, 2.45) is 0 Å². The Labute approximate surface area is 146 Å². The SMILES string of the molecule is COC(=O)c1ccc(C2SCC(=O)N2CCSC(C)(C)C)cc1. The molecule has 1 amide bonds. The molecule has 1 saturated heterocycles. The predicted molar refractivity (Wildman–Crippen MR) is 96.9 cm³/mol. The Bertz CT molecular complexity index is 566. The van der Waals surface area contributed by atoms with Crippen molar-refractivity contribution in [3.05, 3.63) is 35.4 Å². The number of carbonyl (C=O) groups excluding carboxylic acids is 2. The number of hydrogen-bond acceptors (Lipinski definition) is 5. The maximum absolute atomic E-state index is 12.2. The van der Waals surface area contributed by atoms with Crippen LogP contribution in [-0.4, -0.2) is 46.7 Å². The molecule has 1 aliphatic rings. The van der Waals surface area contributed by atoms with Crippen LogP contribution in [-0.2, 0) is 9.53 Å². The van der Waals surface area contributed by atoms with Gasteiger partial charge in [0.2, 0.25) is 5.91 Å². The molecule has 4 nitrogen and oxygen atoms in total. The van der Waals surface area contributed by atoms with Crippen LogP contribution in [0.4, 0.5) is 0 Å². The maximum atomic E-state index is 12.2. The number of rotatable bonds is 5. The second-order valence-electron chi connectivity index (χ2n) is 6.32. The third-order valence-corrected chi connectivity index (χ3v) is 5.96. The second kappa shape index (κ2) is 7.62. The van der Waals surface area contributed by atoms with Gasteiger partial charge < -0.3 is 9.64 Å². The molecule has 126 valence electrons. The summed E-state index contributed by atoms with van der Waals surface area (Å²) in [7, 11) is 1.37. The lowest BCUT2D eigenvalue weighted by Crippen LogP contribution is -2.31. The monoisotopic (exact) mass is 353 g/mol. The number of hydrogen-bond donors (Lipinski definition) is 0. The average Bonchev–Trinajstić information content (AvgIpc) is 2.87. The number of methoxy groups -OCH3 is 1. The highest BCUT2D eigenvalue weighted by atomic mass is 32.2. The highest BCUT2D eigenvalue weighted by molar-refractivity contribution is 8.01. The first kappa shape index (κ1) is 18.2. The minimum Gasteiger partial charge on any atom is -0.465 e. The van der Waals surface area contributed by atoms with E-state index in [1.54, 1.807) is 23.9 Å². The molecule has 0 N–H and O–H groups in total. The zero-order valence-electron chi connectivity index (χ0n) is 14.0. The summed E-state index contributed by atoms with van der Waals surface area (Å²) in [6.45, 7) is 7.29. The van der Waals surface area contributed by atoms with Gasteiger partial charge in [-0.25, -0.2) is 4.79 Å². The molecule has 1 aromatic carbocycles. The fraction of sp³-hybridized carbons (Fsp3) is 0.529. The van der Waals surface area contributed by atoms with Crippen molar-refractivity contribution in [2.75, 3.05) is 25.2 Å². The van der Waals surface area contributed by atoms with Gasteiger partial charge in [0, 0.05) is 17.0 Å². The topological polar surface area (TPSA) is 46.6 Å². The standard InChI is InChI=1S/C17H23NO3S2/c1-17(2,3)23-10-9-18-14(19)11-22-15(18)12-5-7-13(8-6-12)16(20)21-4/h5-8,15H,9-11H2,1-4H3. The van der Waals surface area contributed by atoms with E-state index in [0.717, 1.165) is 17.9 Å². The van der Waals surface area contributed by atoms with Crippen LogP contribution in [0.2, 0.25) is 0 Å². The van der Waals surface area contributed by atoms with Crippen molar-refractivity contribution >= 4 is 35.4 Å². The van der Waals surface area contributed by atoms with E-state index in [4.69, 9.17) is 4.74 Å². The molecular formula is C17H23NO3S2. The number of thioether (sulfide) groups is 2. The van der Waals surface area contributed by atoms with Crippen LogP contribution in [0, 0.1) is 0 Å². The molecule has 0 spiro atoms. The van der Waals surface area contributed by atoms with E-state index in [9.17, 15) is 9.59 Å². The first-order valence-electron chi connectivity index (χ1n) is 7.55. The van der Waals surface area contributed by atoms with E-state index >= 15 is 0 Å². The second-order valence-corrected chi connectivity index (χ2v) is 9.32. The molecule has 1 atom stereocenters. The Morgan fingerprint density at radius 2 is 2.00 bits per heavy atom. The molecule has 0 aromatic heterocycles. The van der Waals surface area contributed by atoms with Crippen LogP contribution in [0.3, 0.4) is 0 Å². The lowest BCUT2D eigenvalue weighted by atomic mass is 10.1. The Hall–Kier alpha value is -1.14. The van der Waals surface area contributed by atoms with E-state index in [1.165, 1.54) is 7.11 Å². The van der Waals surface area contributed by atoms with Crippen LogP contribution in [0.1, 0.15) is 42.1 Å². The number of carbonyl (C=O) groups is 2. The highest BCUT2D eigenvalue weighted by Crippen LogP contribution is 2.39. The zero-order valence-corrected chi connectivity index (χ0v) is 15.6. The summed E-state index contributed by atoms with van der Waals surface area (Å²) >= 11 is 3.51. The quantitative estimate of drug-likeness (QED) is 0.757. The number of nitrogens with zero attached hydrogens (tertiary/aromatic N) is 1. The normalized spacial score (nSPS) is 18.3.